The Bertz CT molecular complexity index is 1700. The predicted molar refractivity (Wildman–Crippen MR) is 162 cm³/mol. The van der Waals surface area contributed by atoms with Crippen molar-refractivity contribution >= 4 is 34.9 Å². The van der Waals surface area contributed by atoms with Crippen LogP contribution in [0, 0.1) is 5.92 Å². The first-order valence-corrected chi connectivity index (χ1v) is 14.0. The van der Waals surface area contributed by atoms with Crippen LogP contribution >= 0.6 is 11.6 Å². The van der Waals surface area contributed by atoms with Gasteiger partial charge in [0, 0.05) is 46.3 Å². The fourth-order valence-electron chi connectivity index (χ4n) is 4.92. The monoisotopic (exact) mass is 583 g/mol. The molecule has 1 aliphatic carbocycles. The molecular formula is C33H30ClN3O5. The SMILES string of the molecule is COc1cn(C(Cc2ccccc2)C(=O)Nc2ccc(C(N)=O)cc2)c(=O)cc1-c1cc(Cl)ccc1C(=O)CC1CC1. The Labute approximate surface area is 248 Å². The minimum Gasteiger partial charge on any atom is -0.495 e. The van der Waals surface area contributed by atoms with Crippen LogP contribution in [0.2, 0.25) is 5.02 Å². The van der Waals surface area contributed by atoms with E-state index in [4.69, 9.17) is 22.1 Å². The first kappa shape index (κ1) is 28.8. The maximum Gasteiger partial charge on any atom is 0.252 e. The molecule has 2 amide bonds. The minimum atomic E-state index is -0.950. The Hall–Kier alpha value is -4.69. The van der Waals surface area contributed by atoms with Crippen LogP contribution in [0.5, 0.6) is 5.75 Å². The molecule has 1 heterocycles. The van der Waals surface area contributed by atoms with Crippen LogP contribution in [0.25, 0.3) is 11.1 Å². The molecule has 5 rings (SSSR count). The summed E-state index contributed by atoms with van der Waals surface area (Å²) in [7, 11) is 1.47. The number of hydrogen-bond donors (Lipinski definition) is 2. The molecule has 1 aliphatic rings. The van der Waals surface area contributed by atoms with Crippen LogP contribution in [-0.2, 0) is 11.2 Å². The number of hydrogen-bond acceptors (Lipinski definition) is 5. The van der Waals surface area contributed by atoms with E-state index in [9.17, 15) is 19.2 Å². The molecule has 1 saturated carbocycles. The molecule has 0 bridgehead atoms. The van der Waals surface area contributed by atoms with Crippen LogP contribution in [0.1, 0.15) is 51.6 Å². The summed E-state index contributed by atoms with van der Waals surface area (Å²) < 4.78 is 7.04. The Morgan fingerprint density at radius 1 is 1.00 bits per heavy atom. The third kappa shape index (κ3) is 6.61. The van der Waals surface area contributed by atoms with Crippen LogP contribution in [0.4, 0.5) is 5.69 Å². The second-order valence-electron chi connectivity index (χ2n) is 10.4. The van der Waals surface area contributed by atoms with E-state index in [0.717, 1.165) is 18.4 Å². The van der Waals surface area contributed by atoms with E-state index in [1.165, 1.54) is 36.1 Å². The number of nitrogens with zero attached hydrogens (tertiary/aromatic N) is 1. The fraction of sp³-hybridized carbons (Fsp3) is 0.212. The van der Waals surface area contributed by atoms with Crippen molar-refractivity contribution in [3.63, 3.8) is 0 Å². The molecule has 8 nitrogen and oxygen atoms in total. The molecule has 3 aromatic carbocycles. The number of carbonyl (C=O) groups is 3. The molecule has 214 valence electrons. The number of rotatable bonds is 11. The zero-order valence-electron chi connectivity index (χ0n) is 23.0. The lowest BCUT2D eigenvalue weighted by molar-refractivity contribution is -0.119. The van der Waals surface area contributed by atoms with E-state index in [2.05, 4.69) is 5.32 Å². The number of amides is 2. The molecule has 3 N–H and O–H groups in total. The van der Waals surface area contributed by atoms with E-state index in [0.29, 0.717) is 51.1 Å². The second-order valence-corrected chi connectivity index (χ2v) is 10.8. The van der Waals surface area contributed by atoms with Gasteiger partial charge in [0.25, 0.3) is 5.56 Å². The molecule has 42 heavy (non-hydrogen) atoms. The number of pyridine rings is 1. The predicted octanol–water partition coefficient (Wildman–Crippen LogP) is 5.68. The van der Waals surface area contributed by atoms with Crippen LogP contribution in [-0.4, -0.2) is 29.3 Å². The molecule has 0 spiro atoms. The van der Waals surface area contributed by atoms with Crippen molar-refractivity contribution in [2.75, 3.05) is 12.4 Å². The van der Waals surface area contributed by atoms with Crippen molar-refractivity contribution in [2.24, 2.45) is 11.7 Å². The van der Waals surface area contributed by atoms with Gasteiger partial charge in [-0.15, -0.1) is 0 Å². The zero-order valence-corrected chi connectivity index (χ0v) is 23.8. The first-order chi connectivity index (χ1) is 20.2. The van der Waals surface area contributed by atoms with Gasteiger partial charge in [0.05, 0.1) is 13.3 Å². The van der Waals surface area contributed by atoms with Crippen LogP contribution < -0.4 is 21.3 Å². The number of benzene rings is 3. The summed E-state index contributed by atoms with van der Waals surface area (Å²) in [6, 6.07) is 21.0. The number of ether oxygens (including phenoxy) is 1. The number of ketones is 1. The van der Waals surface area contributed by atoms with Crippen molar-refractivity contribution < 1.29 is 19.1 Å². The Kier molecular flexibility index (Phi) is 8.54. The minimum absolute atomic E-state index is 0.0147. The number of Topliss-reactive ketones (excluding diaryl/α,β-unsaturated/α-hetero) is 1. The van der Waals surface area contributed by atoms with Gasteiger partial charge < -0.3 is 15.8 Å². The molecule has 1 unspecified atom stereocenters. The van der Waals surface area contributed by atoms with Crippen molar-refractivity contribution in [1.82, 2.24) is 4.57 Å². The highest BCUT2D eigenvalue weighted by molar-refractivity contribution is 6.31. The number of aromatic nitrogens is 1. The average Bonchev–Trinajstić information content (AvgIpc) is 3.80. The summed E-state index contributed by atoms with van der Waals surface area (Å²) in [6.07, 6.45) is 4.23. The third-order valence-corrected chi connectivity index (χ3v) is 7.59. The van der Waals surface area contributed by atoms with Gasteiger partial charge in [-0.25, -0.2) is 0 Å². The van der Waals surface area contributed by atoms with Gasteiger partial charge in [-0.1, -0.05) is 41.9 Å². The van der Waals surface area contributed by atoms with Gasteiger partial charge in [0.2, 0.25) is 11.8 Å². The van der Waals surface area contributed by atoms with Crippen molar-refractivity contribution in [1.29, 1.82) is 0 Å². The molecule has 9 heteroatoms. The summed E-state index contributed by atoms with van der Waals surface area (Å²) in [5, 5.41) is 3.26. The maximum absolute atomic E-state index is 13.7. The summed E-state index contributed by atoms with van der Waals surface area (Å²) in [5.74, 6) is -0.329. The van der Waals surface area contributed by atoms with E-state index in [1.807, 2.05) is 30.3 Å². The van der Waals surface area contributed by atoms with E-state index < -0.39 is 23.4 Å². The second kappa shape index (κ2) is 12.4. The van der Waals surface area contributed by atoms with Gasteiger partial charge in [0.1, 0.15) is 11.8 Å². The smallest absolute Gasteiger partial charge is 0.252 e. The number of carbonyl (C=O) groups excluding carboxylic acids is 3. The molecule has 0 saturated heterocycles. The van der Waals surface area contributed by atoms with Crippen LogP contribution in [0.3, 0.4) is 0 Å². The average molecular weight is 584 g/mol. The highest BCUT2D eigenvalue weighted by Crippen LogP contribution is 2.38. The highest BCUT2D eigenvalue weighted by atomic mass is 35.5. The Morgan fingerprint density at radius 3 is 2.36 bits per heavy atom. The molecule has 0 aliphatic heterocycles. The lowest BCUT2D eigenvalue weighted by Crippen LogP contribution is -2.34. The summed E-state index contributed by atoms with van der Waals surface area (Å²) in [5.41, 5.74) is 7.87. The lowest BCUT2D eigenvalue weighted by atomic mass is 9.94. The van der Waals surface area contributed by atoms with Gasteiger partial charge in [-0.05, 0) is 72.4 Å². The number of primary amides is 1. The number of halogens is 1. The Morgan fingerprint density at radius 2 is 1.71 bits per heavy atom. The summed E-state index contributed by atoms with van der Waals surface area (Å²) >= 11 is 6.33. The summed E-state index contributed by atoms with van der Waals surface area (Å²) in [4.78, 5) is 52.0. The molecular weight excluding hydrogens is 554 g/mol. The number of methoxy groups -OCH3 is 1. The molecule has 0 radical (unpaired) electrons. The lowest BCUT2D eigenvalue weighted by Gasteiger charge is -2.22. The largest absolute Gasteiger partial charge is 0.495 e. The van der Waals surface area contributed by atoms with Gasteiger partial charge >= 0.3 is 0 Å². The molecule has 4 aromatic rings. The van der Waals surface area contributed by atoms with E-state index >= 15 is 0 Å². The van der Waals surface area contributed by atoms with E-state index in [-0.39, 0.29) is 12.2 Å². The zero-order chi connectivity index (χ0) is 29.8. The van der Waals surface area contributed by atoms with Crippen molar-refractivity contribution in [3.05, 3.63) is 117 Å². The number of nitrogens with one attached hydrogen (secondary N) is 1. The molecule has 1 atom stereocenters. The summed E-state index contributed by atoms with van der Waals surface area (Å²) in [6.45, 7) is 0. The topological polar surface area (TPSA) is 120 Å². The van der Waals surface area contributed by atoms with Crippen molar-refractivity contribution in [2.45, 2.75) is 31.7 Å². The first-order valence-electron chi connectivity index (χ1n) is 13.6. The normalized spacial score (nSPS) is 13.3. The third-order valence-electron chi connectivity index (χ3n) is 7.35. The maximum atomic E-state index is 13.7. The number of nitrogens with two attached hydrogens (primary N) is 1. The van der Waals surface area contributed by atoms with Crippen LogP contribution in [0.15, 0.2) is 89.9 Å². The van der Waals surface area contributed by atoms with Crippen molar-refractivity contribution in [3.8, 4) is 16.9 Å². The molecule has 1 aromatic heterocycles. The fourth-order valence-corrected chi connectivity index (χ4v) is 5.09. The highest BCUT2D eigenvalue weighted by Gasteiger charge is 2.28. The number of anilines is 1. The Balaban J connectivity index is 1.55. The van der Waals surface area contributed by atoms with Gasteiger partial charge in [0.15, 0.2) is 5.78 Å². The van der Waals surface area contributed by atoms with E-state index in [1.54, 1.807) is 30.3 Å². The van der Waals surface area contributed by atoms with Gasteiger partial charge in [-0.3, -0.25) is 23.7 Å². The standard InChI is InChI=1S/C33H30ClN3O5/c1-42-30-19-37(31(39)18-27(30)26-17-23(34)11-14-25(26)29(38)16-21-7-8-21)28(15-20-5-3-2-4-6-20)33(41)36-24-12-9-22(10-13-24)32(35)40/h2-6,9-14,17-19,21,28H,7-8,15-16H2,1H3,(H2,35,40)(H,36,41). The molecule has 1 fully saturated rings. The quantitative estimate of drug-likeness (QED) is 0.220. The van der Waals surface area contributed by atoms with Gasteiger partial charge in [-0.2, -0.15) is 0 Å².